The van der Waals surface area contributed by atoms with Crippen molar-refractivity contribution in [2.45, 2.75) is 6.42 Å². The van der Waals surface area contributed by atoms with Crippen molar-refractivity contribution in [3.05, 3.63) is 35.2 Å². The van der Waals surface area contributed by atoms with Gasteiger partial charge in [-0.3, -0.25) is 9.78 Å². The fourth-order valence-electron chi connectivity index (χ4n) is 1.41. The molecule has 0 aliphatic heterocycles. The van der Waals surface area contributed by atoms with E-state index in [9.17, 15) is 4.79 Å². The molecule has 1 heterocycles. The minimum Gasteiger partial charge on any atom is -0.293 e. The number of carbonyl (C=O) groups is 1. The van der Waals surface area contributed by atoms with Crippen LogP contribution in [0, 0.1) is 11.3 Å². The lowest BCUT2D eigenvalue weighted by Gasteiger charge is -2.13. The van der Waals surface area contributed by atoms with Gasteiger partial charge in [0.2, 0.25) is 0 Å². The predicted octanol–water partition coefficient (Wildman–Crippen LogP) is 1.68. The van der Waals surface area contributed by atoms with Gasteiger partial charge in [-0.1, -0.05) is 11.6 Å². The molecule has 1 aliphatic rings. The summed E-state index contributed by atoms with van der Waals surface area (Å²) in [5.74, 6) is -0.238. The Kier molecular flexibility index (Phi) is 2.06. The molecule has 2 rings (SSSR count). The van der Waals surface area contributed by atoms with Crippen LogP contribution in [0.4, 0.5) is 0 Å². The van der Waals surface area contributed by atoms with Gasteiger partial charge >= 0.3 is 0 Å². The summed E-state index contributed by atoms with van der Waals surface area (Å²) >= 11 is 5.92. The number of Topliss-reactive ketones (excluding diaryl/α,β-unsaturated/α-hetero) is 1. The Hall–Kier alpha value is -1.66. The monoisotopic (exact) mass is 204 g/mol. The number of pyridine rings is 1. The molecule has 0 saturated heterocycles. The Labute approximate surface area is 85.6 Å². The molecule has 0 N–H and O–H groups in total. The fraction of sp³-hybridized carbons (Fsp3) is 0.100. The lowest BCUT2D eigenvalue weighted by atomic mass is 9.93. The van der Waals surface area contributed by atoms with Crippen molar-refractivity contribution in [3.63, 3.8) is 0 Å². The van der Waals surface area contributed by atoms with Gasteiger partial charge in [0.1, 0.15) is 11.6 Å². The molecule has 0 saturated carbocycles. The summed E-state index contributed by atoms with van der Waals surface area (Å²) in [6, 6.07) is 3.53. The molecular weight excluding hydrogens is 200 g/mol. The van der Waals surface area contributed by atoms with Crippen LogP contribution in [0.5, 0.6) is 0 Å². The average Bonchev–Trinajstić information content (AvgIpc) is 2.18. The van der Waals surface area contributed by atoms with Crippen LogP contribution in [-0.4, -0.2) is 10.8 Å². The fourth-order valence-corrected chi connectivity index (χ4v) is 1.74. The molecule has 68 valence electrons. The molecule has 0 spiro atoms. The van der Waals surface area contributed by atoms with Gasteiger partial charge in [-0.05, 0) is 11.6 Å². The number of halogens is 1. The zero-order valence-corrected chi connectivity index (χ0v) is 7.88. The highest BCUT2D eigenvalue weighted by Crippen LogP contribution is 2.31. The molecule has 0 unspecified atom stereocenters. The number of nitriles is 1. The molecule has 0 fully saturated rings. The maximum absolute atomic E-state index is 11.4. The predicted molar refractivity (Wildman–Crippen MR) is 51.3 cm³/mol. The molecule has 3 nitrogen and oxygen atoms in total. The zero-order chi connectivity index (χ0) is 10.1. The third-order valence-electron chi connectivity index (χ3n) is 2.10. The second-order valence-electron chi connectivity index (χ2n) is 2.93. The van der Waals surface area contributed by atoms with Crippen molar-refractivity contribution < 1.29 is 4.79 Å². The van der Waals surface area contributed by atoms with Crippen LogP contribution in [0.1, 0.15) is 11.1 Å². The van der Waals surface area contributed by atoms with E-state index in [1.807, 2.05) is 6.07 Å². The SMILES string of the molecule is N#CC1=C(Cl)c2ccncc2CC1=O. The number of nitrogens with zero attached hydrogens (tertiary/aromatic N) is 2. The van der Waals surface area contributed by atoms with Crippen LogP contribution in [0.15, 0.2) is 24.0 Å². The van der Waals surface area contributed by atoms with Crippen LogP contribution >= 0.6 is 11.6 Å². The number of fused-ring (bicyclic) bond motifs is 1. The van der Waals surface area contributed by atoms with Crippen molar-refractivity contribution in [3.8, 4) is 6.07 Å². The van der Waals surface area contributed by atoms with Gasteiger partial charge < -0.3 is 0 Å². The first-order valence-electron chi connectivity index (χ1n) is 4.00. The van der Waals surface area contributed by atoms with Gasteiger partial charge in [-0.2, -0.15) is 5.26 Å². The first-order chi connectivity index (χ1) is 6.74. The van der Waals surface area contributed by atoms with Gasteiger partial charge in [0.05, 0.1) is 5.03 Å². The Morgan fingerprint density at radius 3 is 3.07 bits per heavy atom. The molecule has 1 aliphatic carbocycles. The quantitative estimate of drug-likeness (QED) is 0.646. The molecule has 0 radical (unpaired) electrons. The second kappa shape index (κ2) is 3.24. The van der Waals surface area contributed by atoms with Crippen LogP contribution in [0.3, 0.4) is 0 Å². The minimum absolute atomic E-state index is 0.0466. The largest absolute Gasteiger partial charge is 0.293 e. The summed E-state index contributed by atoms with van der Waals surface area (Å²) in [7, 11) is 0. The summed E-state index contributed by atoms with van der Waals surface area (Å²) in [6.07, 6.45) is 3.40. The first kappa shape index (κ1) is 8.92. The first-order valence-corrected chi connectivity index (χ1v) is 4.38. The molecule has 0 amide bonds. The van der Waals surface area contributed by atoms with Crippen molar-refractivity contribution in [2.75, 3.05) is 0 Å². The number of carbonyl (C=O) groups excluding carboxylic acids is 1. The van der Waals surface area contributed by atoms with Gasteiger partial charge in [0, 0.05) is 24.4 Å². The highest BCUT2D eigenvalue weighted by atomic mass is 35.5. The standard InChI is InChI=1S/C10H5ClN2O/c11-10-7-1-2-13-5-6(7)3-9(14)8(10)4-12/h1-2,5H,3H2. The normalized spacial score (nSPS) is 15.0. The summed E-state index contributed by atoms with van der Waals surface area (Å²) in [5.41, 5.74) is 1.56. The van der Waals surface area contributed by atoms with Crippen molar-refractivity contribution >= 4 is 22.4 Å². The Morgan fingerprint density at radius 1 is 1.57 bits per heavy atom. The number of rotatable bonds is 0. The Balaban J connectivity index is 2.69. The number of hydrogen-bond donors (Lipinski definition) is 0. The molecular formula is C10H5ClN2O. The third-order valence-corrected chi connectivity index (χ3v) is 2.49. The maximum Gasteiger partial charge on any atom is 0.179 e. The number of aromatic nitrogens is 1. The van der Waals surface area contributed by atoms with E-state index in [2.05, 4.69) is 4.98 Å². The zero-order valence-electron chi connectivity index (χ0n) is 7.12. The maximum atomic E-state index is 11.4. The van der Waals surface area contributed by atoms with Crippen molar-refractivity contribution in [2.24, 2.45) is 0 Å². The van der Waals surface area contributed by atoms with E-state index in [0.717, 1.165) is 11.1 Å². The summed E-state index contributed by atoms with van der Waals surface area (Å²) < 4.78 is 0. The summed E-state index contributed by atoms with van der Waals surface area (Å²) in [5, 5.41) is 8.97. The summed E-state index contributed by atoms with van der Waals surface area (Å²) in [4.78, 5) is 15.3. The summed E-state index contributed by atoms with van der Waals surface area (Å²) in [6.45, 7) is 0. The van der Waals surface area contributed by atoms with Crippen LogP contribution in [-0.2, 0) is 11.2 Å². The van der Waals surface area contributed by atoms with Crippen LogP contribution in [0.2, 0.25) is 0 Å². The van der Waals surface area contributed by atoms with Crippen molar-refractivity contribution in [1.82, 2.24) is 4.98 Å². The highest BCUT2D eigenvalue weighted by Gasteiger charge is 2.24. The highest BCUT2D eigenvalue weighted by molar-refractivity contribution is 6.52. The third kappa shape index (κ3) is 1.21. The van der Waals surface area contributed by atoms with Gasteiger partial charge in [-0.15, -0.1) is 0 Å². The number of allylic oxidation sites excluding steroid dienone is 1. The molecule has 1 aromatic heterocycles. The van der Waals surface area contributed by atoms with Gasteiger partial charge in [0.25, 0.3) is 0 Å². The topological polar surface area (TPSA) is 53.8 Å². The van der Waals surface area contributed by atoms with E-state index in [0.29, 0.717) is 0 Å². The molecule has 14 heavy (non-hydrogen) atoms. The molecule has 4 heteroatoms. The van der Waals surface area contributed by atoms with Gasteiger partial charge in [-0.25, -0.2) is 0 Å². The smallest absolute Gasteiger partial charge is 0.179 e. The lowest BCUT2D eigenvalue weighted by Crippen LogP contribution is -2.13. The van der Waals surface area contributed by atoms with Crippen LogP contribution < -0.4 is 0 Å². The van der Waals surface area contributed by atoms with Gasteiger partial charge in [0.15, 0.2) is 5.78 Å². The number of ketones is 1. The molecule has 0 bridgehead atoms. The minimum atomic E-state index is -0.238. The van der Waals surface area contributed by atoms with E-state index < -0.39 is 0 Å². The van der Waals surface area contributed by atoms with Crippen LogP contribution in [0.25, 0.3) is 5.03 Å². The number of hydrogen-bond acceptors (Lipinski definition) is 3. The Morgan fingerprint density at radius 2 is 2.36 bits per heavy atom. The van der Waals surface area contributed by atoms with E-state index >= 15 is 0 Å². The molecule has 0 aromatic carbocycles. The Bertz CT molecular complexity index is 485. The van der Waals surface area contributed by atoms with E-state index in [-0.39, 0.29) is 22.8 Å². The second-order valence-corrected chi connectivity index (χ2v) is 3.31. The average molecular weight is 205 g/mol. The lowest BCUT2D eigenvalue weighted by molar-refractivity contribution is -0.114. The van der Waals surface area contributed by atoms with E-state index in [1.165, 1.54) is 0 Å². The van der Waals surface area contributed by atoms with E-state index in [1.54, 1.807) is 18.5 Å². The van der Waals surface area contributed by atoms with Crippen molar-refractivity contribution in [1.29, 1.82) is 5.26 Å². The van der Waals surface area contributed by atoms with E-state index in [4.69, 9.17) is 16.9 Å². The molecule has 1 aromatic rings. The molecule has 0 atom stereocenters.